The van der Waals surface area contributed by atoms with Crippen molar-refractivity contribution in [3.05, 3.63) is 35.9 Å². The largest absolute Gasteiger partial charge is 0.377 e. The van der Waals surface area contributed by atoms with E-state index in [4.69, 9.17) is 10.5 Å². The Kier molecular flexibility index (Phi) is 5.56. The lowest BCUT2D eigenvalue weighted by molar-refractivity contribution is -0.141. The molecule has 1 aliphatic heterocycles. The SMILES string of the molecule is CCC1COCCN1C(=O)C(N)CCc1ccccc1. The number of hydrogen-bond donors (Lipinski definition) is 1. The van der Waals surface area contributed by atoms with Gasteiger partial charge in [-0.1, -0.05) is 37.3 Å². The van der Waals surface area contributed by atoms with Gasteiger partial charge in [0.05, 0.1) is 25.3 Å². The molecular weight excluding hydrogens is 252 g/mol. The lowest BCUT2D eigenvalue weighted by atomic mass is 10.0. The summed E-state index contributed by atoms with van der Waals surface area (Å²) in [5.74, 6) is 0.0658. The topological polar surface area (TPSA) is 55.6 Å². The van der Waals surface area contributed by atoms with Crippen molar-refractivity contribution in [2.24, 2.45) is 5.73 Å². The summed E-state index contributed by atoms with van der Waals surface area (Å²) >= 11 is 0. The zero-order valence-electron chi connectivity index (χ0n) is 12.1. The van der Waals surface area contributed by atoms with E-state index in [0.717, 1.165) is 12.8 Å². The van der Waals surface area contributed by atoms with Crippen molar-refractivity contribution < 1.29 is 9.53 Å². The average Bonchev–Trinajstić information content (AvgIpc) is 2.52. The standard InChI is InChI=1S/C16H24N2O2/c1-2-14-12-20-11-10-18(14)16(19)15(17)9-8-13-6-4-3-5-7-13/h3-7,14-15H,2,8-12,17H2,1H3. The molecular formula is C16H24N2O2. The smallest absolute Gasteiger partial charge is 0.239 e. The lowest BCUT2D eigenvalue weighted by Gasteiger charge is -2.36. The molecule has 0 saturated carbocycles. The van der Waals surface area contributed by atoms with Crippen LogP contribution in [0.5, 0.6) is 0 Å². The summed E-state index contributed by atoms with van der Waals surface area (Å²) in [5, 5.41) is 0. The van der Waals surface area contributed by atoms with Gasteiger partial charge < -0.3 is 15.4 Å². The van der Waals surface area contributed by atoms with Gasteiger partial charge >= 0.3 is 0 Å². The first-order valence-electron chi connectivity index (χ1n) is 7.40. The summed E-state index contributed by atoms with van der Waals surface area (Å²) in [4.78, 5) is 14.3. The molecule has 2 unspecified atom stereocenters. The van der Waals surface area contributed by atoms with Crippen LogP contribution in [0.2, 0.25) is 0 Å². The molecule has 1 fully saturated rings. The van der Waals surface area contributed by atoms with Crippen molar-refractivity contribution in [3.63, 3.8) is 0 Å². The first-order chi connectivity index (χ1) is 9.72. The van der Waals surface area contributed by atoms with Gasteiger partial charge in [0.25, 0.3) is 0 Å². The van der Waals surface area contributed by atoms with Gasteiger partial charge in [-0.15, -0.1) is 0 Å². The third kappa shape index (κ3) is 3.81. The van der Waals surface area contributed by atoms with E-state index in [1.807, 2.05) is 23.1 Å². The summed E-state index contributed by atoms with van der Waals surface area (Å²) in [6.07, 6.45) is 2.45. The predicted molar refractivity (Wildman–Crippen MR) is 79.3 cm³/mol. The van der Waals surface area contributed by atoms with Gasteiger partial charge in [-0.05, 0) is 24.8 Å². The van der Waals surface area contributed by atoms with Gasteiger partial charge in [-0.2, -0.15) is 0 Å². The molecule has 2 N–H and O–H groups in total. The summed E-state index contributed by atoms with van der Waals surface area (Å²) in [7, 11) is 0. The second-order valence-corrected chi connectivity index (χ2v) is 5.30. The molecule has 1 saturated heterocycles. The van der Waals surface area contributed by atoms with Crippen LogP contribution in [0.4, 0.5) is 0 Å². The number of carbonyl (C=O) groups excluding carboxylic acids is 1. The maximum Gasteiger partial charge on any atom is 0.239 e. The van der Waals surface area contributed by atoms with Crippen molar-refractivity contribution in [1.29, 1.82) is 0 Å². The van der Waals surface area contributed by atoms with Crippen molar-refractivity contribution >= 4 is 5.91 Å². The summed E-state index contributed by atoms with van der Waals surface area (Å²) in [6.45, 7) is 3.99. The van der Waals surface area contributed by atoms with Crippen LogP contribution >= 0.6 is 0 Å². The van der Waals surface area contributed by atoms with Crippen molar-refractivity contribution in [3.8, 4) is 0 Å². The van der Waals surface area contributed by atoms with Gasteiger partial charge in [0, 0.05) is 6.54 Å². The maximum atomic E-state index is 12.4. The van der Waals surface area contributed by atoms with E-state index in [9.17, 15) is 4.79 Å². The quantitative estimate of drug-likeness (QED) is 0.888. The van der Waals surface area contributed by atoms with Crippen molar-refractivity contribution in [1.82, 2.24) is 4.90 Å². The molecule has 20 heavy (non-hydrogen) atoms. The van der Waals surface area contributed by atoms with E-state index in [1.165, 1.54) is 5.56 Å². The fourth-order valence-corrected chi connectivity index (χ4v) is 2.59. The Hall–Kier alpha value is -1.39. The molecule has 2 atom stereocenters. The van der Waals surface area contributed by atoms with E-state index < -0.39 is 6.04 Å². The number of amides is 1. The Balaban J connectivity index is 1.87. The van der Waals surface area contributed by atoms with Crippen LogP contribution in [0.3, 0.4) is 0 Å². The molecule has 2 rings (SSSR count). The van der Waals surface area contributed by atoms with E-state index in [0.29, 0.717) is 26.2 Å². The van der Waals surface area contributed by atoms with Crippen LogP contribution in [-0.4, -0.2) is 42.6 Å². The number of benzene rings is 1. The highest BCUT2D eigenvalue weighted by Crippen LogP contribution is 2.13. The number of nitrogens with two attached hydrogens (primary N) is 1. The molecule has 4 heteroatoms. The third-order valence-corrected chi connectivity index (χ3v) is 3.89. The second-order valence-electron chi connectivity index (χ2n) is 5.30. The maximum absolute atomic E-state index is 12.4. The number of nitrogens with zero attached hydrogens (tertiary/aromatic N) is 1. The third-order valence-electron chi connectivity index (χ3n) is 3.89. The highest BCUT2D eigenvalue weighted by atomic mass is 16.5. The number of hydrogen-bond acceptors (Lipinski definition) is 3. The molecule has 1 aromatic rings. The molecule has 0 spiro atoms. The number of carbonyl (C=O) groups is 1. The van der Waals surface area contributed by atoms with Gasteiger partial charge in [0.1, 0.15) is 0 Å². The van der Waals surface area contributed by atoms with E-state index in [1.54, 1.807) is 0 Å². The molecule has 0 aromatic heterocycles. The minimum absolute atomic E-state index is 0.0658. The molecule has 4 nitrogen and oxygen atoms in total. The predicted octanol–water partition coefficient (Wildman–Crippen LogP) is 1.58. The number of rotatable bonds is 5. The molecule has 0 radical (unpaired) electrons. The molecule has 1 aliphatic rings. The van der Waals surface area contributed by atoms with Crippen LogP contribution in [0, 0.1) is 0 Å². The number of morpholine rings is 1. The average molecular weight is 276 g/mol. The minimum Gasteiger partial charge on any atom is -0.377 e. The van der Waals surface area contributed by atoms with E-state index in [2.05, 4.69) is 19.1 Å². The number of ether oxygens (including phenoxy) is 1. The Bertz CT molecular complexity index is 422. The highest BCUT2D eigenvalue weighted by molar-refractivity contribution is 5.82. The monoisotopic (exact) mass is 276 g/mol. The lowest BCUT2D eigenvalue weighted by Crippen LogP contribution is -2.53. The Morgan fingerprint density at radius 3 is 2.90 bits per heavy atom. The fraction of sp³-hybridized carbons (Fsp3) is 0.562. The van der Waals surface area contributed by atoms with Crippen LogP contribution in [0.1, 0.15) is 25.3 Å². The molecule has 110 valence electrons. The van der Waals surface area contributed by atoms with E-state index in [-0.39, 0.29) is 11.9 Å². The molecule has 1 amide bonds. The second kappa shape index (κ2) is 7.41. The van der Waals surface area contributed by atoms with Crippen LogP contribution in [0.25, 0.3) is 0 Å². The zero-order valence-corrected chi connectivity index (χ0v) is 12.1. The Labute approximate surface area is 120 Å². The number of aryl methyl sites for hydroxylation is 1. The Morgan fingerprint density at radius 2 is 2.20 bits per heavy atom. The van der Waals surface area contributed by atoms with Gasteiger partial charge in [-0.3, -0.25) is 4.79 Å². The highest BCUT2D eigenvalue weighted by Gasteiger charge is 2.29. The summed E-state index contributed by atoms with van der Waals surface area (Å²) < 4.78 is 5.43. The molecule has 0 aliphatic carbocycles. The van der Waals surface area contributed by atoms with Crippen molar-refractivity contribution in [2.45, 2.75) is 38.3 Å². The minimum atomic E-state index is -0.414. The molecule has 1 heterocycles. The van der Waals surface area contributed by atoms with Gasteiger partial charge in [-0.25, -0.2) is 0 Å². The van der Waals surface area contributed by atoms with Crippen LogP contribution in [0.15, 0.2) is 30.3 Å². The first-order valence-corrected chi connectivity index (χ1v) is 7.40. The fourth-order valence-electron chi connectivity index (χ4n) is 2.59. The Morgan fingerprint density at radius 1 is 1.45 bits per heavy atom. The van der Waals surface area contributed by atoms with Crippen LogP contribution < -0.4 is 5.73 Å². The summed E-state index contributed by atoms with van der Waals surface area (Å²) in [6, 6.07) is 9.92. The van der Waals surface area contributed by atoms with Crippen molar-refractivity contribution in [2.75, 3.05) is 19.8 Å². The van der Waals surface area contributed by atoms with Gasteiger partial charge in [0.15, 0.2) is 0 Å². The van der Waals surface area contributed by atoms with Crippen LogP contribution in [-0.2, 0) is 16.0 Å². The summed E-state index contributed by atoms with van der Waals surface area (Å²) in [5.41, 5.74) is 7.31. The zero-order chi connectivity index (χ0) is 14.4. The normalized spacial score (nSPS) is 20.7. The molecule has 0 bridgehead atoms. The molecule has 1 aromatic carbocycles. The van der Waals surface area contributed by atoms with E-state index >= 15 is 0 Å². The first kappa shape index (κ1) is 15.0. The van der Waals surface area contributed by atoms with Gasteiger partial charge in [0.2, 0.25) is 5.91 Å².